The molecule has 4 N–H and O–H groups in total. The molecular formula is C2H6ClN2O2Zn. The van der Waals surface area contributed by atoms with Gasteiger partial charge in [0.25, 0.3) is 0 Å². The average molecular weight is 191 g/mol. The topological polar surface area (TPSA) is 86.2 Å². The molecule has 0 aromatic heterocycles. The van der Waals surface area contributed by atoms with E-state index < -0.39 is 6.03 Å². The Morgan fingerprint density at radius 3 is 1.38 bits per heavy atom. The first-order chi connectivity index (χ1) is 3.73. The molecule has 0 aliphatic heterocycles. The van der Waals surface area contributed by atoms with Gasteiger partial charge in [-0.05, 0) is 0 Å². The van der Waals surface area contributed by atoms with Gasteiger partial charge in [-0.25, -0.2) is 4.79 Å². The number of hydrogen-bond acceptors (Lipinski definition) is 2. The summed E-state index contributed by atoms with van der Waals surface area (Å²) in [6.07, 6.45) is 0. The second kappa shape index (κ2) is 28.8. The summed E-state index contributed by atoms with van der Waals surface area (Å²) in [7, 11) is 4.76. The van der Waals surface area contributed by atoms with Gasteiger partial charge in [0.05, 0.1) is 0 Å². The Hall–Kier alpha value is -0.147. The molecular weight excluding hydrogens is 185 g/mol. The number of urea groups is 1. The zero-order valence-corrected chi connectivity index (χ0v) is 7.99. The third-order valence-corrected chi connectivity index (χ3v) is 0. The summed E-state index contributed by atoms with van der Waals surface area (Å²) in [4.78, 5) is 17.0. The number of amides is 2. The minimum atomic E-state index is -0.833. The molecule has 0 saturated carbocycles. The van der Waals surface area contributed by atoms with Crippen molar-refractivity contribution in [3.8, 4) is 0 Å². The van der Waals surface area contributed by atoms with E-state index in [2.05, 4.69) is 11.5 Å². The van der Waals surface area contributed by atoms with Crippen LogP contribution in [-0.4, -0.2) is 12.8 Å². The summed E-state index contributed by atoms with van der Waals surface area (Å²) in [6, 6.07) is -0.833. The summed E-state index contributed by atoms with van der Waals surface area (Å²) in [5.74, 6) is 0. The van der Waals surface area contributed by atoms with Gasteiger partial charge in [-0.1, -0.05) is 0 Å². The van der Waals surface area contributed by atoms with Crippen molar-refractivity contribution in [2.75, 3.05) is 0 Å². The summed E-state index contributed by atoms with van der Waals surface area (Å²) in [6.45, 7) is 2.00. The van der Waals surface area contributed by atoms with Crippen LogP contribution in [0.3, 0.4) is 0 Å². The first-order valence-corrected chi connectivity index (χ1v) is 5.24. The molecule has 0 aromatic rings. The molecule has 0 atom stereocenters. The second-order valence-electron chi connectivity index (χ2n) is 0.402. The van der Waals surface area contributed by atoms with Crippen LogP contribution in [0.15, 0.2) is 0 Å². The Kier molecular flexibility index (Phi) is 56.5. The summed E-state index contributed by atoms with van der Waals surface area (Å²) < 4.78 is 0. The van der Waals surface area contributed by atoms with Crippen LogP contribution >= 0.6 is 9.69 Å². The molecule has 0 unspecified atom stereocenters. The molecule has 2 amide bonds. The normalized spacial score (nSPS) is 4.38. The fourth-order valence-corrected chi connectivity index (χ4v) is 0. The Balaban J connectivity index is -0.0000000542. The molecule has 0 saturated heterocycles. The second-order valence-corrected chi connectivity index (χ2v) is 0.402. The first kappa shape index (κ1) is 15.7. The van der Waals surface area contributed by atoms with E-state index in [-0.39, 0.29) is 0 Å². The van der Waals surface area contributed by atoms with Crippen molar-refractivity contribution in [3.63, 3.8) is 0 Å². The van der Waals surface area contributed by atoms with Crippen LogP contribution in [0.5, 0.6) is 0 Å². The molecule has 0 spiro atoms. The predicted molar refractivity (Wildman–Crippen MR) is 26.7 cm³/mol. The average Bonchev–Trinajstić information content (AvgIpc) is 1.75. The van der Waals surface area contributed by atoms with Gasteiger partial charge >= 0.3 is 33.0 Å². The van der Waals surface area contributed by atoms with E-state index in [1.807, 2.05) is 6.79 Å². The van der Waals surface area contributed by atoms with Crippen molar-refractivity contribution in [3.05, 3.63) is 0 Å². The number of carbonyl (C=O) groups is 2. The first-order valence-electron chi connectivity index (χ1n) is 1.34. The van der Waals surface area contributed by atoms with E-state index >= 15 is 0 Å². The van der Waals surface area contributed by atoms with Gasteiger partial charge in [0.2, 0.25) is 0 Å². The maximum atomic E-state index is 9.00. The third kappa shape index (κ3) is 6410. The SMILES string of the molecule is C=O.NC(N)=O.[Cl][Zn]. The molecule has 0 aliphatic rings. The Labute approximate surface area is 61.3 Å². The maximum absolute atomic E-state index is 9.00. The van der Waals surface area contributed by atoms with Crippen LogP contribution in [0.2, 0.25) is 0 Å². The van der Waals surface area contributed by atoms with Crippen molar-refractivity contribution in [1.82, 2.24) is 0 Å². The van der Waals surface area contributed by atoms with E-state index in [1.165, 1.54) is 0 Å². The number of primary amides is 2. The van der Waals surface area contributed by atoms with Crippen molar-refractivity contribution < 1.29 is 26.9 Å². The van der Waals surface area contributed by atoms with E-state index in [1.54, 1.807) is 0 Å². The third-order valence-electron chi connectivity index (χ3n) is 0. The molecule has 0 heterocycles. The van der Waals surface area contributed by atoms with Crippen molar-refractivity contribution in [1.29, 1.82) is 0 Å². The predicted octanol–water partition coefficient (Wildman–Crippen LogP) is -0.474. The van der Waals surface area contributed by atoms with Gasteiger partial charge in [-0.15, -0.1) is 0 Å². The minimum absolute atomic E-state index is 0.833. The van der Waals surface area contributed by atoms with Gasteiger partial charge in [-0.3, -0.25) is 0 Å². The van der Waals surface area contributed by atoms with Crippen LogP contribution in [0.25, 0.3) is 0 Å². The molecule has 0 aliphatic carbocycles. The Morgan fingerprint density at radius 2 is 1.38 bits per heavy atom. The van der Waals surface area contributed by atoms with Crippen molar-refractivity contribution >= 4 is 22.5 Å². The van der Waals surface area contributed by atoms with Gasteiger partial charge < -0.3 is 16.3 Å². The number of nitrogens with two attached hydrogens (primary N) is 2. The molecule has 0 radical (unpaired) electrons. The fraction of sp³-hybridized carbons (Fsp3) is 0. The van der Waals surface area contributed by atoms with Crippen molar-refractivity contribution in [2.24, 2.45) is 11.5 Å². The molecule has 0 aromatic carbocycles. The van der Waals surface area contributed by atoms with Gasteiger partial charge in [0.15, 0.2) is 0 Å². The molecule has 0 bridgehead atoms. The summed E-state index contributed by atoms with van der Waals surface area (Å²) >= 11 is 0.847. The van der Waals surface area contributed by atoms with Crippen LogP contribution < -0.4 is 11.5 Å². The molecule has 6 heteroatoms. The van der Waals surface area contributed by atoms with Gasteiger partial charge in [-0.2, -0.15) is 0 Å². The standard InChI is InChI=1S/CH4N2O.CH2O.ClH.Zn/c2-1(3)4;1-2;;/h(H4,2,3,4);1H2;1H;/q;;;+1/p-1. The Bertz CT molecular complexity index is 49.3. The van der Waals surface area contributed by atoms with E-state index in [0.29, 0.717) is 0 Å². The molecule has 8 heavy (non-hydrogen) atoms. The van der Waals surface area contributed by atoms with Crippen LogP contribution in [-0.2, 0) is 22.1 Å². The zero-order valence-electron chi connectivity index (χ0n) is 4.26. The number of rotatable bonds is 0. The summed E-state index contributed by atoms with van der Waals surface area (Å²) in [5, 5.41) is 0. The van der Waals surface area contributed by atoms with Crippen LogP contribution in [0.4, 0.5) is 4.79 Å². The fourth-order valence-electron chi connectivity index (χ4n) is 0. The van der Waals surface area contributed by atoms with Gasteiger partial charge in [0, 0.05) is 0 Å². The van der Waals surface area contributed by atoms with E-state index in [0.717, 1.165) is 17.3 Å². The van der Waals surface area contributed by atoms with E-state index in [9.17, 15) is 0 Å². The number of carbonyl (C=O) groups excluding carboxylic acids is 2. The van der Waals surface area contributed by atoms with E-state index in [4.69, 9.17) is 19.3 Å². The Morgan fingerprint density at radius 1 is 1.38 bits per heavy atom. The molecule has 45 valence electrons. The summed E-state index contributed by atoms with van der Waals surface area (Å²) in [5.41, 5.74) is 8.50. The van der Waals surface area contributed by atoms with Gasteiger partial charge in [0.1, 0.15) is 6.79 Å². The van der Waals surface area contributed by atoms with Crippen LogP contribution in [0, 0.1) is 0 Å². The quantitative estimate of drug-likeness (QED) is 0.506. The van der Waals surface area contributed by atoms with Crippen molar-refractivity contribution in [2.45, 2.75) is 0 Å². The monoisotopic (exact) mass is 189 g/mol. The molecule has 4 nitrogen and oxygen atoms in total. The number of hydrogen-bond donors (Lipinski definition) is 2. The number of halogens is 1. The molecule has 0 rings (SSSR count). The zero-order chi connectivity index (χ0) is 7.58. The van der Waals surface area contributed by atoms with Crippen LogP contribution in [0.1, 0.15) is 0 Å². The molecule has 0 fully saturated rings.